The number of aromatic hydroxyl groups is 2. The minimum absolute atomic E-state index is 0.00507. The lowest BCUT2D eigenvalue weighted by Crippen LogP contribution is -2.37. The summed E-state index contributed by atoms with van der Waals surface area (Å²) < 4.78 is 123. The molecule has 0 fully saturated rings. The molecule has 308 valence electrons. The fourth-order valence-electron chi connectivity index (χ4n) is 7.74. The molecule has 60 heavy (non-hydrogen) atoms. The largest absolute Gasteiger partial charge is 0.573 e. The van der Waals surface area contributed by atoms with E-state index in [-0.39, 0.29) is 39.4 Å². The van der Waals surface area contributed by atoms with Gasteiger partial charge < -0.3 is 25.6 Å². The number of para-hydroxylation sites is 2. The fraction of sp³-hybridized carbons (Fsp3) is 0.136. The van der Waals surface area contributed by atoms with Crippen molar-refractivity contribution in [2.24, 2.45) is 0 Å². The third-order valence-corrected chi connectivity index (χ3v) is 10.3. The molecule has 6 aromatic rings. The Balaban J connectivity index is 0.000000183. The first kappa shape index (κ1) is 41.2. The van der Waals surface area contributed by atoms with Gasteiger partial charge in [0, 0.05) is 11.1 Å². The van der Waals surface area contributed by atoms with Gasteiger partial charge in [0.1, 0.15) is 28.1 Å². The lowest BCUT2D eigenvalue weighted by Gasteiger charge is -2.29. The van der Waals surface area contributed by atoms with Crippen LogP contribution in [0.1, 0.15) is 50.1 Å². The van der Waals surface area contributed by atoms with E-state index in [0.29, 0.717) is 11.1 Å². The second-order valence-electron chi connectivity index (χ2n) is 13.9. The Morgan fingerprint density at radius 3 is 1.15 bits per heavy atom. The molecule has 0 aliphatic carbocycles. The van der Waals surface area contributed by atoms with Gasteiger partial charge in [-0.25, -0.2) is 0 Å². The zero-order chi connectivity index (χ0) is 43.4. The Morgan fingerprint density at radius 1 is 0.483 bits per heavy atom. The molecule has 0 aromatic heterocycles. The second kappa shape index (κ2) is 14.7. The molecule has 0 saturated carbocycles. The third-order valence-electron chi connectivity index (χ3n) is 10.3. The number of aryl methyl sites for hydroxylation is 1. The van der Waals surface area contributed by atoms with Gasteiger partial charge in [-0.3, -0.25) is 9.59 Å². The Kier molecular flexibility index (Phi) is 10.1. The van der Waals surface area contributed by atoms with Crippen molar-refractivity contribution in [3.8, 4) is 17.2 Å². The third kappa shape index (κ3) is 7.11. The smallest absolute Gasteiger partial charge is 0.508 e. The number of benzene rings is 6. The Morgan fingerprint density at radius 2 is 0.817 bits per heavy atom. The maximum atomic E-state index is 13.6. The lowest BCUT2D eigenvalue weighted by atomic mass is 9.70. The fourth-order valence-corrected chi connectivity index (χ4v) is 7.74. The van der Waals surface area contributed by atoms with Crippen molar-refractivity contribution >= 4 is 23.2 Å². The molecule has 0 saturated heterocycles. The number of hydrogen-bond acceptors (Lipinski definition) is 5. The minimum atomic E-state index is -4.94. The number of carbonyl (C=O) groups is 2. The van der Waals surface area contributed by atoms with E-state index in [4.69, 9.17) is 0 Å². The quantitative estimate of drug-likeness (QED) is 0.129. The van der Waals surface area contributed by atoms with E-state index < -0.39 is 63.9 Å². The van der Waals surface area contributed by atoms with E-state index >= 15 is 0 Å². The Hall–Kier alpha value is -6.97. The molecule has 2 heterocycles. The number of fused-ring (bicyclic) bond motifs is 2. The molecule has 0 unspecified atom stereocenters. The average molecular weight is 837 g/mol. The van der Waals surface area contributed by atoms with Crippen LogP contribution in [0.5, 0.6) is 17.2 Å². The highest BCUT2D eigenvalue weighted by molar-refractivity contribution is 6.13. The van der Waals surface area contributed by atoms with Crippen LogP contribution in [-0.4, -0.2) is 28.4 Å². The van der Waals surface area contributed by atoms with Gasteiger partial charge in [-0.2, -0.15) is 26.3 Å². The number of phenolic OH excluding ortho intramolecular Hbond substituents is 2. The number of ether oxygens (including phenoxy) is 1. The summed E-state index contributed by atoms with van der Waals surface area (Å²) in [4.78, 5) is 26.5. The summed E-state index contributed by atoms with van der Waals surface area (Å²) in [6.45, 7) is 1.89. The van der Waals surface area contributed by atoms with Gasteiger partial charge in [0.15, 0.2) is 0 Å². The molecular weight excluding hydrogens is 807 g/mol. The van der Waals surface area contributed by atoms with Crippen molar-refractivity contribution in [3.63, 3.8) is 0 Å². The van der Waals surface area contributed by atoms with Crippen molar-refractivity contribution in [3.05, 3.63) is 184 Å². The summed E-state index contributed by atoms with van der Waals surface area (Å²) in [5.41, 5.74) is -3.30. The zero-order valence-corrected chi connectivity index (χ0v) is 30.7. The van der Waals surface area contributed by atoms with Crippen LogP contribution in [0.25, 0.3) is 0 Å². The molecule has 2 aliphatic rings. The van der Waals surface area contributed by atoms with E-state index in [2.05, 4.69) is 15.4 Å². The van der Waals surface area contributed by atoms with Crippen LogP contribution >= 0.6 is 0 Å². The number of nitrogens with one attached hydrogen (secondary N) is 2. The molecule has 0 bridgehead atoms. The van der Waals surface area contributed by atoms with E-state index in [0.717, 1.165) is 35.9 Å². The molecule has 2 atom stereocenters. The highest BCUT2D eigenvalue weighted by Gasteiger charge is 2.54. The van der Waals surface area contributed by atoms with Crippen LogP contribution < -0.4 is 15.4 Å². The zero-order valence-electron chi connectivity index (χ0n) is 30.7. The first-order chi connectivity index (χ1) is 28.2. The number of anilines is 2. The maximum Gasteiger partial charge on any atom is 0.573 e. The number of carbonyl (C=O) groups excluding carboxylic acids is 2. The molecule has 0 spiro atoms. The molecule has 2 aliphatic heterocycles. The lowest BCUT2D eigenvalue weighted by molar-refractivity contribution is -0.274. The summed E-state index contributed by atoms with van der Waals surface area (Å²) in [7, 11) is 0. The van der Waals surface area contributed by atoms with E-state index in [1.54, 1.807) is 24.3 Å². The molecule has 4 N–H and O–H groups in total. The second-order valence-corrected chi connectivity index (χ2v) is 13.9. The summed E-state index contributed by atoms with van der Waals surface area (Å²) in [6.07, 6.45) is -14.3. The predicted molar refractivity (Wildman–Crippen MR) is 200 cm³/mol. The first-order valence-corrected chi connectivity index (χ1v) is 17.7. The van der Waals surface area contributed by atoms with Crippen LogP contribution in [0, 0.1) is 6.92 Å². The van der Waals surface area contributed by atoms with Crippen LogP contribution in [0.3, 0.4) is 0 Å². The summed E-state index contributed by atoms with van der Waals surface area (Å²) >= 11 is 0. The van der Waals surface area contributed by atoms with Crippen molar-refractivity contribution < 1.29 is 64.1 Å². The van der Waals surface area contributed by atoms with Gasteiger partial charge in [0.2, 0.25) is 11.8 Å². The molecule has 16 heteroatoms. The number of rotatable bonds is 5. The number of hydrogen-bond donors (Lipinski definition) is 4. The van der Waals surface area contributed by atoms with Crippen molar-refractivity contribution in [2.75, 3.05) is 10.6 Å². The van der Waals surface area contributed by atoms with Crippen LogP contribution in [0.15, 0.2) is 133 Å². The van der Waals surface area contributed by atoms with Crippen LogP contribution in [-0.2, 0) is 32.8 Å². The maximum absolute atomic E-state index is 13.6. The number of amides is 2. The molecule has 8 rings (SSSR count). The highest BCUT2D eigenvalue weighted by atomic mass is 19.4. The van der Waals surface area contributed by atoms with Gasteiger partial charge in [-0.15, -0.1) is 13.2 Å². The molecular formula is C44H29F9N2O5. The molecule has 6 aromatic carbocycles. The molecule has 2 amide bonds. The van der Waals surface area contributed by atoms with E-state index in [1.807, 2.05) is 19.1 Å². The molecule has 7 nitrogen and oxygen atoms in total. The number of alkyl halides is 9. The van der Waals surface area contributed by atoms with Gasteiger partial charge in [0.05, 0.1) is 22.5 Å². The monoisotopic (exact) mass is 836 g/mol. The van der Waals surface area contributed by atoms with Crippen molar-refractivity contribution in [1.29, 1.82) is 0 Å². The topological polar surface area (TPSA) is 108 Å². The van der Waals surface area contributed by atoms with Gasteiger partial charge >= 0.3 is 18.7 Å². The van der Waals surface area contributed by atoms with Crippen molar-refractivity contribution in [1.82, 2.24) is 0 Å². The highest BCUT2D eigenvalue weighted by Crippen LogP contribution is 2.53. The number of phenols is 2. The minimum Gasteiger partial charge on any atom is -0.508 e. The normalized spacial score (nSPS) is 18.4. The summed E-state index contributed by atoms with van der Waals surface area (Å²) in [6, 6.07) is 29.8. The van der Waals surface area contributed by atoms with Gasteiger partial charge in [0.25, 0.3) is 0 Å². The van der Waals surface area contributed by atoms with E-state index in [9.17, 15) is 59.3 Å². The van der Waals surface area contributed by atoms with E-state index in [1.165, 1.54) is 66.7 Å². The van der Waals surface area contributed by atoms with Crippen LogP contribution in [0.2, 0.25) is 0 Å². The van der Waals surface area contributed by atoms with Gasteiger partial charge in [-0.1, -0.05) is 90.5 Å². The summed E-state index contributed by atoms with van der Waals surface area (Å²) in [5.74, 6) is -2.07. The first-order valence-electron chi connectivity index (χ1n) is 17.7. The van der Waals surface area contributed by atoms with Crippen molar-refractivity contribution in [2.45, 2.75) is 36.5 Å². The predicted octanol–water partition coefficient (Wildman–Crippen LogP) is 10.6. The Bertz CT molecular complexity index is 2540. The number of halogens is 9. The van der Waals surface area contributed by atoms with Crippen LogP contribution in [0.4, 0.5) is 50.9 Å². The SMILES string of the molecule is Cc1ccc([C@]2(c3ccc(O)cc3)C(=O)Nc3c(C(F)(F)F)cccc32)cc1.O=C1Nc2c(C(F)(F)F)cccc2[C@@]1(c1ccc(O)cc1)c1ccc(OC(F)(F)F)cc1. The average Bonchev–Trinajstić information content (AvgIpc) is 3.65. The Labute approximate surface area is 334 Å². The molecule has 0 radical (unpaired) electrons. The summed E-state index contributed by atoms with van der Waals surface area (Å²) in [5, 5.41) is 24.1. The standard InChI is InChI=1S/C22H13F6NO3.C22H16F3NO2/c23-21(24,25)17-3-1-2-16-18(17)29-19(31)20(16,12-4-8-14(30)9-5-12)13-6-10-15(11-7-13)32-22(26,27)28;1-13-5-7-14(8-6-13)21(15-9-11-16(27)12-10-15)17-3-2-4-18(22(23,24)25)19(17)26-20(21)28/h1-11,30H,(H,29,31);2-12,27H,1H3,(H,26,28)/t20-;21-/m11/s1. The van der Waals surface area contributed by atoms with Gasteiger partial charge in [-0.05, 0) is 77.7 Å².